The highest BCUT2D eigenvalue weighted by Gasteiger charge is 2.05. The van der Waals surface area contributed by atoms with E-state index < -0.39 is 0 Å². The monoisotopic (exact) mass is 281 g/mol. The first-order valence-corrected chi connectivity index (χ1v) is 7.03. The number of anilines is 1. The normalized spacial score (nSPS) is 9.45. The van der Waals surface area contributed by atoms with Crippen LogP contribution in [-0.2, 0) is 6.54 Å². The maximum absolute atomic E-state index is 8.93. The van der Waals surface area contributed by atoms with E-state index in [-0.39, 0.29) is 0 Å². The minimum Gasteiger partial charge on any atom is -0.369 e. The summed E-state index contributed by atoms with van der Waals surface area (Å²) in [6.07, 6.45) is 0. The molecule has 0 atom stereocenters. The summed E-state index contributed by atoms with van der Waals surface area (Å²) in [5.41, 5.74) is 7.07. The average Bonchev–Trinajstić information content (AvgIpc) is 2.92. The predicted molar refractivity (Wildman–Crippen MR) is 83.5 cm³/mol. The van der Waals surface area contributed by atoms with Crippen molar-refractivity contribution in [2.45, 2.75) is 6.54 Å². The van der Waals surface area contributed by atoms with Crippen molar-refractivity contribution in [3.63, 3.8) is 0 Å². The third-order valence-electron chi connectivity index (χ3n) is 2.78. The molecule has 0 saturated carbocycles. The van der Waals surface area contributed by atoms with Gasteiger partial charge >= 0.3 is 0 Å². The molecular weight excluding hydrogens is 266 g/mol. The van der Waals surface area contributed by atoms with Crippen LogP contribution >= 0.6 is 11.3 Å². The molecule has 0 aliphatic rings. The fraction of sp³-hybridized carbons (Fsp3) is 0.188. The zero-order valence-corrected chi connectivity index (χ0v) is 12.1. The predicted octanol–water partition coefficient (Wildman–Crippen LogP) is 2.57. The molecule has 0 amide bonds. The highest BCUT2D eigenvalue weighted by atomic mass is 32.1. The molecule has 1 aromatic carbocycles. The molecule has 20 heavy (non-hydrogen) atoms. The van der Waals surface area contributed by atoms with Crippen molar-refractivity contribution in [1.82, 2.24) is 0 Å². The first kappa shape index (κ1) is 14.1. The van der Waals surface area contributed by atoms with E-state index in [4.69, 9.17) is 11.0 Å². The second-order valence-electron chi connectivity index (χ2n) is 4.29. The Kier molecular flexibility index (Phi) is 4.79. The summed E-state index contributed by atoms with van der Waals surface area (Å²) >= 11 is 1.67. The number of nitrogens with zero attached hydrogens (tertiary/aromatic N) is 2. The van der Waals surface area contributed by atoms with Crippen LogP contribution in [0.3, 0.4) is 0 Å². The molecule has 0 spiro atoms. The van der Waals surface area contributed by atoms with Gasteiger partial charge in [0.1, 0.15) is 0 Å². The molecule has 0 saturated heterocycles. The summed E-state index contributed by atoms with van der Waals surface area (Å²) in [6.45, 7) is 1.18. The molecule has 0 aliphatic heterocycles. The van der Waals surface area contributed by atoms with Gasteiger partial charge in [-0.05, 0) is 30.3 Å². The number of benzene rings is 1. The second-order valence-corrected chi connectivity index (χ2v) is 5.46. The van der Waals surface area contributed by atoms with Gasteiger partial charge in [-0.2, -0.15) is 5.26 Å². The van der Waals surface area contributed by atoms with Gasteiger partial charge in [-0.1, -0.05) is 17.9 Å². The van der Waals surface area contributed by atoms with E-state index in [1.807, 2.05) is 37.4 Å². The Morgan fingerprint density at radius 3 is 2.90 bits per heavy atom. The highest BCUT2D eigenvalue weighted by Crippen LogP contribution is 2.21. The molecule has 1 heterocycles. The van der Waals surface area contributed by atoms with E-state index in [1.54, 1.807) is 11.3 Å². The molecule has 2 rings (SSSR count). The van der Waals surface area contributed by atoms with Crippen molar-refractivity contribution < 1.29 is 0 Å². The van der Waals surface area contributed by atoms with E-state index in [9.17, 15) is 0 Å². The Bertz CT molecular complexity index is 685. The van der Waals surface area contributed by atoms with Crippen LogP contribution in [0.5, 0.6) is 0 Å². The van der Waals surface area contributed by atoms with Gasteiger partial charge in [0.25, 0.3) is 0 Å². The molecule has 2 aromatic rings. The maximum atomic E-state index is 8.93. The number of nitrogens with two attached hydrogens (primary N) is 1. The van der Waals surface area contributed by atoms with Crippen molar-refractivity contribution in [2.24, 2.45) is 5.73 Å². The first-order valence-electron chi connectivity index (χ1n) is 6.22. The van der Waals surface area contributed by atoms with Gasteiger partial charge in [-0.25, -0.2) is 0 Å². The highest BCUT2D eigenvalue weighted by molar-refractivity contribution is 7.12. The summed E-state index contributed by atoms with van der Waals surface area (Å²) in [6, 6.07) is 13.9. The Balaban J connectivity index is 2.09. The van der Waals surface area contributed by atoms with Crippen LogP contribution in [0.4, 0.5) is 5.69 Å². The quantitative estimate of drug-likeness (QED) is 0.880. The fourth-order valence-electron chi connectivity index (χ4n) is 1.81. The van der Waals surface area contributed by atoms with Crippen LogP contribution in [0.1, 0.15) is 15.3 Å². The second kappa shape index (κ2) is 6.77. The van der Waals surface area contributed by atoms with Gasteiger partial charge in [0.05, 0.1) is 29.6 Å². The lowest BCUT2D eigenvalue weighted by Crippen LogP contribution is -2.15. The third kappa shape index (κ3) is 3.61. The van der Waals surface area contributed by atoms with E-state index in [1.165, 1.54) is 4.88 Å². The largest absolute Gasteiger partial charge is 0.369 e. The van der Waals surface area contributed by atoms with Gasteiger partial charge in [-0.15, -0.1) is 11.3 Å². The lowest BCUT2D eigenvalue weighted by Gasteiger charge is -2.18. The maximum Gasteiger partial charge on any atom is 0.0992 e. The van der Waals surface area contributed by atoms with Crippen LogP contribution < -0.4 is 10.6 Å². The molecule has 3 nitrogen and oxygen atoms in total. The summed E-state index contributed by atoms with van der Waals surface area (Å²) in [5, 5.41) is 8.93. The fourth-order valence-corrected chi connectivity index (χ4v) is 2.74. The van der Waals surface area contributed by atoms with E-state index in [0.717, 1.165) is 17.1 Å². The van der Waals surface area contributed by atoms with Crippen LogP contribution in [0.25, 0.3) is 0 Å². The number of rotatable bonds is 3. The Morgan fingerprint density at radius 2 is 2.15 bits per heavy atom. The molecule has 0 bridgehead atoms. The number of nitriles is 1. The van der Waals surface area contributed by atoms with Crippen molar-refractivity contribution in [3.8, 4) is 17.9 Å². The van der Waals surface area contributed by atoms with Crippen LogP contribution in [0.15, 0.2) is 36.4 Å². The van der Waals surface area contributed by atoms with Crippen LogP contribution in [-0.4, -0.2) is 13.6 Å². The molecule has 0 fully saturated rings. The zero-order valence-electron chi connectivity index (χ0n) is 11.3. The number of hydrogen-bond acceptors (Lipinski definition) is 4. The average molecular weight is 281 g/mol. The zero-order chi connectivity index (χ0) is 14.4. The summed E-state index contributed by atoms with van der Waals surface area (Å²) in [4.78, 5) is 4.38. The smallest absolute Gasteiger partial charge is 0.0992 e. The van der Waals surface area contributed by atoms with Gasteiger partial charge in [-0.3, -0.25) is 0 Å². The van der Waals surface area contributed by atoms with Crippen molar-refractivity contribution >= 4 is 17.0 Å². The molecule has 100 valence electrons. The SMILES string of the molecule is CN(Cc1ccc(C#CCN)s1)c1cccc(C#N)c1. The van der Waals surface area contributed by atoms with Gasteiger partial charge in [0.2, 0.25) is 0 Å². The molecule has 4 heteroatoms. The number of hydrogen-bond donors (Lipinski definition) is 1. The molecule has 0 aliphatic carbocycles. The van der Waals surface area contributed by atoms with Crippen molar-refractivity contribution in [3.05, 3.63) is 51.7 Å². The lowest BCUT2D eigenvalue weighted by molar-refractivity contribution is 0.940. The molecule has 0 radical (unpaired) electrons. The summed E-state index contributed by atoms with van der Waals surface area (Å²) in [7, 11) is 2.02. The Morgan fingerprint density at radius 1 is 1.30 bits per heavy atom. The van der Waals surface area contributed by atoms with Gasteiger partial charge < -0.3 is 10.6 Å². The van der Waals surface area contributed by atoms with Crippen molar-refractivity contribution in [1.29, 1.82) is 5.26 Å². The minimum absolute atomic E-state index is 0.383. The van der Waals surface area contributed by atoms with Gasteiger partial charge in [0.15, 0.2) is 0 Å². The Labute approximate surface area is 123 Å². The molecular formula is C16H15N3S. The Hall–Kier alpha value is -2.27. The van der Waals surface area contributed by atoms with Gasteiger partial charge in [0, 0.05) is 17.6 Å². The van der Waals surface area contributed by atoms with E-state index in [0.29, 0.717) is 12.1 Å². The third-order valence-corrected chi connectivity index (χ3v) is 3.77. The summed E-state index contributed by atoms with van der Waals surface area (Å²) in [5.74, 6) is 5.89. The van der Waals surface area contributed by atoms with Crippen molar-refractivity contribution in [2.75, 3.05) is 18.5 Å². The molecule has 1 aromatic heterocycles. The lowest BCUT2D eigenvalue weighted by atomic mass is 10.2. The van der Waals surface area contributed by atoms with E-state index in [2.05, 4.69) is 28.9 Å². The standard InChI is InChI=1S/C16H15N3S/c1-19(14-5-2-4-13(10-14)11-18)12-16-8-7-15(20-16)6-3-9-17/h2,4-5,7-8,10H,9,12,17H2,1H3. The van der Waals surface area contributed by atoms with Crippen LogP contribution in [0, 0.1) is 23.2 Å². The topological polar surface area (TPSA) is 53.0 Å². The minimum atomic E-state index is 0.383. The summed E-state index contributed by atoms with van der Waals surface area (Å²) < 4.78 is 0. The first-order chi connectivity index (χ1) is 9.72. The van der Waals surface area contributed by atoms with Crippen LogP contribution in [0.2, 0.25) is 0 Å². The number of thiophene rings is 1. The molecule has 2 N–H and O–H groups in total. The molecule has 0 unspecified atom stereocenters. The van der Waals surface area contributed by atoms with E-state index >= 15 is 0 Å².